The van der Waals surface area contributed by atoms with Crippen molar-refractivity contribution in [2.75, 3.05) is 30.8 Å². The molecule has 9 heteroatoms. The van der Waals surface area contributed by atoms with Crippen LogP contribution >= 0.6 is 11.3 Å². The minimum absolute atomic E-state index is 0.116. The lowest BCUT2D eigenvalue weighted by molar-refractivity contribution is 0.0671. The molecule has 1 atom stereocenters. The van der Waals surface area contributed by atoms with Gasteiger partial charge in [0.2, 0.25) is 5.95 Å². The Kier molecular flexibility index (Phi) is 10.4. The molecule has 0 bridgehead atoms. The standard InChI is InChI=1S/C25H29N5O.C5H8N2S/c1-3-19-5-4-16-30(17-19)24(31)20-8-12-22(13-9-20)28-25-26-15-14-23(29-25)27-21-10-6-18(2)7-11-21;1-6-2-5-3-7-4-8-5/h6-15,19H,3-5,16-17H2,1-2H3,(H2,26,27,28,29);3-4,6H,2H2,1H3. The molecule has 1 unspecified atom stereocenters. The number of amides is 1. The average Bonchev–Trinajstić information content (AvgIpc) is 3.49. The molecule has 1 amide bonds. The number of rotatable bonds is 8. The molecule has 1 saturated heterocycles. The zero-order chi connectivity index (χ0) is 27.5. The number of hydrogen-bond donors (Lipinski definition) is 3. The van der Waals surface area contributed by atoms with Gasteiger partial charge in [0.25, 0.3) is 5.91 Å². The normalized spacial score (nSPS) is 14.7. The Bertz CT molecular complexity index is 1290. The summed E-state index contributed by atoms with van der Waals surface area (Å²) in [5.41, 5.74) is 5.59. The molecule has 39 heavy (non-hydrogen) atoms. The van der Waals surface area contributed by atoms with Crippen LogP contribution in [0.25, 0.3) is 0 Å². The summed E-state index contributed by atoms with van der Waals surface area (Å²) in [4.78, 5) is 28.9. The van der Waals surface area contributed by atoms with E-state index in [4.69, 9.17) is 0 Å². The molecule has 0 spiro atoms. The van der Waals surface area contributed by atoms with Gasteiger partial charge in [0.15, 0.2) is 0 Å². The molecule has 1 fully saturated rings. The van der Waals surface area contributed by atoms with Crippen LogP contribution in [0.2, 0.25) is 0 Å². The monoisotopic (exact) mass is 543 g/mol. The molecule has 3 N–H and O–H groups in total. The highest BCUT2D eigenvalue weighted by atomic mass is 32.1. The van der Waals surface area contributed by atoms with Gasteiger partial charge in [-0.1, -0.05) is 31.0 Å². The Hall–Kier alpha value is -3.82. The molecule has 4 aromatic rings. The zero-order valence-electron chi connectivity index (χ0n) is 22.9. The summed E-state index contributed by atoms with van der Waals surface area (Å²) in [6.45, 7) is 6.91. The van der Waals surface area contributed by atoms with Crippen molar-refractivity contribution in [3.8, 4) is 0 Å². The lowest BCUT2D eigenvalue weighted by Gasteiger charge is -2.32. The van der Waals surface area contributed by atoms with E-state index in [-0.39, 0.29) is 5.91 Å². The number of nitrogens with one attached hydrogen (secondary N) is 3. The van der Waals surface area contributed by atoms with Crippen LogP contribution in [0.1, 0.15) is 47.0 Å². The first-order chi connectivity index (χ1) is 19.0. The van der Waals surface area contributed by atoms with Gasteiger partial charge >= 0.3 is 0 Å². The summed E-state index contributed by atoms with van der Waals surface area (Å²) in [7, 11) is 1.93. The first-order valence-corrected chi connectivity index (χ1v) is 14.3. The molecule has 0 saturated carbocycles. The van der Waals surface area contributed by atoms with Crippen LogP contribution in [0.5, 0.6) is 0 Å². The second-order valence-electron chi connectivity index (χ2n) is 9.62. The third kappa shape index (κ3) is 8.59. The lowest BCUT2D eigenvalue weighted by Crippen LogP contribution is -2.39. The highest BCUT2D eigenvalue weighted by molar-refractivity contribution is 7.09. The molecule has 8 nitrogen and oxygen atoms in total. The Morgan fingerprint density at radius 3 is 2.49 bits per heavy atom. The number of benzene rings is 2. The Morgan fingerprint density at radius 2 is 1.79 bits per heavy atom. The van der Waals surface area contributed by atoms with E-state index in [0.717, 1.165) is 49.4 Å². The second kappa shape index (κ2) is 14.4. The van der Waals surface area contributed by atoms with Crippen molar-refractivity contribution in [1.82, 2.24) is 25.2 Å². The van der Waals surface area contributed by atoms with E-state index >= 15 is 0 Å². The van der Waals surface area contributed by atoms with E-state index in [1.54, 1.807) is 17.5 Å². The van der Waals surface area contributed by atoms with Crippen LogP contribution in [-0.4, -0.2) is 45.9 Å². The predicted octanol–water partition coefficient (Wildman–Crippen LogP) is 6.40. The van der Waals surface area contributed by atoms with Gasteiger partial charge in [-0.25, -0.2) is 4.98 Å². The quantitative estimate of drug-likeness (QED) is 0.237. The van der Waals surface area contributed by atoms with Crippen LogP contribution in [0.4, 0.5) is 23.1 Å². The highest BCUT2D eigenvalue weighted by Gasteiger charge is 2.23. The van der Waals surface area contributed by atoms with E-state index in [1.807, 2.05) is 66.1 Å². The topological polar surface area (TPSA) is 95.1 Å². The van der Waals surface area contributed by atoms with Crippen molar-refractivity contribution in [2.24, 2.45) is 5.92 Å². The average molecular weight is 544 g/mol. The number of thiazole rings is 1. The van der Waals surface area contributed by atoms with Crippen molar-refractivity contribution in [3.63, 3.8) is 0 Å². The van der Waals surface area contributed by atoms with Gasteiger partial charge in [-0.2, -0.15) is 4.98 Å². The summed E-state index contributed by atoms with van der Waals surface area (Å²) >= 11 is 1.67. The number of likely N-dealkylation sites (tertiary alicyclic amines) is 1. The van der Waals surface area contributed by atoms with Gasteiger partial charge in [-0.15, -0.1) is 11.3 Å². The van der Waals surface area contributed by atoms with Crippen LogP contribution < -0.4 is 16.0 Å². The van der Waals surface area contributed by atoms with Crippen molar-refractivity contribution >= 4 is 40.4 Å². The zero-order valence-corrected chi connectivity index (χ0v) is 23.7. The van der Waals surface area contributed by atoms with Gasteiger partial charge in [-0.3, -0.25) is 9.78 Å². The smallest absolute Gasteiger partial charge is 0.253 e. The molecule has 1 aliphatic rings. The minimum Gasteiger partial charge on any atom is -0.340 e. The van der Waals surface area contributed by atoms with Crippen LogP contribution in [0.15, 0.2) is 72.5 Å². The van der Waals surface area contributed by atoms with E-state index in [1.165, 1.54) is 16.9 Å². The van der Waals surface area contributed by atoms with Gasteiger partial charge in [-0.05, 0) is 75.2 Å². The molecule has 2 aromatic heterocycles. The molecular weight excluding hydrogens is 506 g/mol. The number of nitrogens with zero attached hydrogens (tertiary/aromatic N) is 4. The number of piperidine rings is 1. The van der Waals surface area contributed by atoms with Crippen LogP contribution in [-0.2, 0) is 6.54 Å². The first kappa shape index (κ1) is 28.2. The minimum atomic E-state index is 0.116. The van der Waals surface area contributed by atoms with Gasteiger partial charge in [0.05, 0.1) is 5.51 Å². The second-order valence-corrected chi connectivity index (χ2v) is 10.6. The third-order valence-corrected chi connectivity index (χ3v) is 7.37. The molecular formula is C30H37N7OS. The Balaban J connectivity index is 0.000000379. The number of hydrogen-bond acceptors (Lipinski definition) is 8. The largest absolute Gasteiger partial charge is 0.340 e. The van der Waals surface area contributed by atoms with Crippen molar-refractivity contribution < 1.29 is 4.79 Å². The number of carbonyl (C=O) groups is 1. The van der Waals surface area contributed by atoms with E-state index in [2.05, 4.69) is 56.9 Å². The van der Waals surface area contributed by atoms with Gasteiger partial charge in [0, 0.05) is 53.8 Å². The summed E-state index contributed by atoms with van der Waals surface area (Å²) in [5, 5.41) is 9.54. The molecule has 0 aliphatic carbocycles. The number of anilines is 4. The Morgan fingerprint density at radius 1 is 1.05 bits per heavy atom. The third-order valence-electron chi connectivity index (χ3n) is 6.59. The van der Waals surface area contributed by atoms with Crippen molar-refractivity contribution in [3.05, 3.63) is 88.5 Å². The summed E-state index contributed by atoms with van der Waals surface area (Å²) < 4.78 is 0. The first-order valence-electron chi connectivity index (χ1n) is 13.4. The maximum absolute atomic E-state index is 12.8. The molecule has 5 rings (SSSR count). The van der Waals surface area contributed by atoms with Crippen LogP contribution in [0.3, 0.4) is 0 Å². The maximum Gasteiger partial charge on any atom is 0.253 e. The predicted molar refractivity (Wildman–Crippen MR) is 160 cm³/mol. The van der Waals surface area contributed by atoms with Crippen molar-refractivity contribution in [2.45, 2.75) is 39.7 Å². The summed E-state index contributed by atoms with van der Waals surface area (Å²) in [6, 6.07) is 17.5. The van der Waals surface area contributed by atoms with Crippen molar-refractivity contribution in [1.29, 1.82) is 0 Å². The molecule has 3 heterocycles. The number of aromatic nitrogens is 3. The number of carbonyl (C=O) groups excluding carboxylic acids is 1. The summed E-state index contributed by atoms with van der Waals surface area (Å²) in [5.74, 6) is 1.95. The fraction of sp³-hybridized carbons (Fsp3) is 0.333. The SMILES string of the molecule is CCC1CCCN(C(=O)c2ccc(Nc3nccc(Nc4ccc(C)cc4)n3)cc2)C1.CNCc1cncs1. The van der Waals surface area contributed by atoms with Gasteiger partial charge in [0.1, 0.15) is 5.82 Å². The van der Waals surface area contributed by atoms with E-state index in [0.29, 0.717) is 17.7 Å². The van der Waals surface area contributed by atoms with E-state index < -0.39 is 0 Å². The molecule has 1 aliphatic heterocycles. The fourth-order valence-electron chi connectivity index (χ4n) is 4.37. The Labute approximate surface area is 234 Å². The summed E-state index contributed by atoms with van der Waals surface area (Å²) in [6.07, 6.45) is 7.03. The fourth-order valence-corrected chi connectivity index (χ4v) is 4.97. The van der Waals surface area contributed by atoms with Gasteiger partial charge < -0.3 is 20.9 Å². The molecule has 2 aromatic carbocycles. The molecule has 0 radical (unpaired) electrons. The molecule has 204 valence electrons. The highest BCUT2D eigenvalue weighted by Crippen LogP contribution is 2.22. The lowest BCUT2D eigenvalue weighted by atomic mass is 9.95. The number of aryl methyl sites for hydroxylation is 1. The van der Waals surface area contributed by atoms with Crippen LogP contribution in [0, 0.1) is 12.8 Å². The maximum atomic E-state index is 12.8. The van der Waals surface area contributed by atoms with E-state index in [9.17, 15) is 4.79 Å².